The monoisotopic (exact) mass is 908 g/mol. The minimum absolute atomic E-state index is 0. The summed E-state index contributed by atoms with van der Waals surface area (Å²) >= 11 is 0. The Bertz CT molecular complexity index is 2060. The van der Waals surface area contributed by atoms with Crippen LogP contribution in [0.4, 0.5) is 0 Å². The summed E-state index contributed by atoms with van der Waals surface area (Å²) in [6.07, 6.45) is 2.52. The minimum Gasteiger partial charge on any atom is -0.669 e. The average molecular weight is 908 g/mol. The van der Waals surface area contributed by atoms with Gasteiger partial charge in [-0.25, -0.2) is 9.59 Å². The molecule has 0 spiro atoms. The third-order valence-corrected chi connectivity index (χ3v) is 11.9. The van der Waals surface area contributed by atoms with E-state index >= 15 is 0 Å². The van der Waals surface area contributed by atoms with Crippen LogP contribution >= 0.6 is 0 Å². The van der Waals surface area contributed by atoms with Crippen molar-refractivity contribution in [3.05, 3.63) is 73.0 Å². The van der Waals surface area contributed by atoms with E-state index in [-0.39, 0.29) is 161 Å². The normalized spacial score (nSPS) is 24.3. The fourth-order valence-corrected chi connectivity index (χ4v) is 9.08. The maximum Gasteiger partial charge on any atom is 1.00 e. The standard InChI is InChI=1S/C24H32BN3O6.C11H13BN3O6.CH4.H2N3O.3Na/c1-22(2)14-9-17(22)24(5)18(10-14)33-25(34-24)11-13(12-27-28-26)15-7-8-16(30-6)19-20(15)31-23(3,4)32-21(19)29;1-20-8-3-2-7-6(5-14-15-13)4-12(18,19)21-10(7)9(8)11(16)17;;1-2-3-4;;;/h7-8,13-14,17-18H,9-12H2,1-6H3;2-3,6,18-19H,4-5H2,1H3,(H,16,17);1H4;(H2-,1,2,3,4);;;/q;-1;;-1;3*+1/t13?,14?,17?,18?,24-;;;;;;/m0....../s1. The molecule has 0 radical (unpaired) electrons. The second-order valence-corrected chi connectivity index (χ2v) is 16.1. The number of nitrogens with one attached hydrogen (secondary N) is 1. The molecule has 5 unspecified atom stereocenters. The third-order valence-electron chi connectivity index (χ3n) is 11.9. The van der Waals surface area contributed by atoms with Gasteiger partial charge in [0.2, 0.25) is 5.79 Å². The number of methoxy groups -OCH3 is 2. The third kappa shape index (κ3) is 12.5. The van der Waals surface area contributed by atoms with E-state index in [1.165, 1.54) is 26.7 Å². The molecule has 27 heteroatoms. The SMILES string of the molecule is C.COc1ccc(C(CN=[N+]=[N-])CB2OC3CC4CC(C4(C)C)[C@]3(C)O2)c2c1C(=O)OC(C)(C)O2.COc1ccc2c(c1C(=O)O)O[B-](O)(O)CC2CN=[N+]=[N-].N=N[N-]O.[Na+].[Na+].[Na+]. The molecule has 8 rings (SSSR count). The smallest absolute Gasteiger partial charge is 0.669 e. The number of hydrogen-bond acceptors (Lipinski definition) is 16. The Labute approximate surface area is 431 Å². The molecular weight excluding hydrogens is 857 g/mol. The van der Waals surface area contributed by atoms with Gasteiger partial charge in [0.15, 0.2) is 0 Å². The van der Waals surface area contributed by atoms with Gasteiger partial charge >= 0.3 is 114 Å². The Balaban J connectivity index is 0.000000594. The predicted molar refractivity (Wildman–Crippen MR) is 214 cm³/mol. The second-order valence-electron chi connectivity index (χ2n) is 16.1. The maximum atomic E-state index is 12.8. The number of carbonyl (C=O) groups is 2. The van der Waals surface area contributed by atoms with Gasteiger partial charge in [0, 0.05) is 36.8 Å². The van der Waals surface area contributed by atoms with Crippen molar-refractivity contribution >= 4 is 25.8 Å². The molecule has 3 heterocycles. The van der Waals surface area contributed by atoms with E-state index < -0.39 is 37.5 Å². The van der Waals surface area contributed by atoms with Gasteiger partial charge in [0.25, 0.3) is 0 Å². The Hall–Kier alpha value is -2.47. The van der Waals surface area contributed by atoms with Crippen LogP contribution in [0, 0.1) is 22.8 Å². The molecule has 2 bridgehead atoms. The van der Waals surface area contributed by atoms with Crippen molar-refractivity contribution in [2.45, 2.75) is 96.9 Å². The number of carboxylic acid groups (broad SMARTS) is 1. The van der Waals surface area contributed by atoms with E-state index in [9.17, 15) is 24.7 Å². The topological polar surface area (TPSA) is 328 Å². The maximum absolute atomic E-state index is 12.8. The summed E-state index contributed by atoms with van der Waals surface area (Å²) in [6, 6.07) is 6.58. The Kier molecular flexibility index (Phi) is 22.1. The van der Waals surface area contributed by atoms with Gasteiger partial charge in [-0.2, -0.15) is 0 Å². The number of nitrogens with zero attached hydrogens (tertiary/aromatic N) is 8. The van der Waals surface area contributed by atoms with Gasteiger partial charge in [-0.3, -0.25) is 10.8 Å². The van der Waals surface area contributed by atoms with E-state index in [1.807, 2.05) is 11.7 Å². The number of fused-ring (bicyclic) bond motifs is 2. The summed E-state index contributed by atoms with van der Waals surface area (Å²) in [5.41, 5.74) is 26.2. The first-order valence-corrected chi connectivity index (χ1v) is 18.7. The van der Waals surface area contributed by atoms with Crippen LogP contribution in [-0.4, -0.2) is 91.0 Å². The summed E-state index contributed by atoms with van der Waals surface area (Å²) in [5, 5.41) is 45.4. The van der Waals surface area contributed by atoms with Crippen molar-refractivity contribution in [1.29, 1.82) is 5.53 Å². The number of hydrogen-bond donors (Lipinski definition) is 5. The first-order valence-electron chi connectivity index (χ1n) is 18.7. The Morgan fingerprint density at radius 2 is 1.63 bits per heavy atom. The number of cyclic esters (lactones) is 1. The number of rotatable bonds is 11. The van der Waals surface area contributed by atoms with Gasteiger partial charge < -0.3 is 58.8 Å². The molecule has 22 nitrogen and oxygen atoms in total. The summed E-state index contributed by atoms with van der Waals surface area (Å²) in [6.45, 7) is 7.11. The number of esters is 1. The van der Waals surface area contributed by atoms with Crippen molar-refractivity contribution in [2.24, 2.45) is 32.7 Å². The number of benzene rings is 2. The van der Waals surface area contributed by atoms with Gasteiger partial charge in [0.05, 0.1) is 31.7 Å². The minimum atomic E-state index is -3.23. The van der Waals surface area contributed by atoms with E-state index in [1.54, 1.807) is 26.0 Å². The summed E-state index contributed by atoms with van der Waals surface area (Å²) < 4.78 is 40.0. The van der Waals surface area contributed by atoms with Crippen LogP contribution in [0.3, 0.4) is 0 Å². The fourth-order valence-electron chi connectivity index (χ4n) is 9.08. The van der Waals surface area contributed by atoms with Crippen LogP contribution in [0.25, 0.3) is 26.5 Å². The van der Waals surface area contributed by atoms with E-state index in [0.29, 0.717) is 35.2 Å². The molecule has 2 aromatic carbocycles. The molecule has 63 heavy (non-hydrogen) atoms. The zero-order valence-electron chi connectivity index (χ0n) is 36.6. The predicted octanol–water partition coefficient (Wildman–Crippen LogP) is -1.45. The van der Waals surface area contributed by atoms with Crippen molar-refractivity contribution in [3.63, 3.8) is 0 Å². The molecule has 6 atom stereocenters. The van der Waals surface area contributed by atoms with Gasteiger partial charge in [-0.1, -0.05) is 50.0 Å². The molecule has 5 N–H and O–H groups in total. The average Bonchev–Trinajstić information content (AvgIpc) is 3.52. The quantitative estimate of drug-likeness (QED) is 0.0431. The van der Waals surface area contributed by atoms with E-state index in [2.05, 4.69) is 46.0 Å². The number of ether oxygens (including phenoxy) is 4. The molecular formula is C36H51B2N9Na3O13+. The molecule has 3 aliphatic heterocycles. The molecule has 3 saturated carbocycles. The second kappa shape index (κ2) is 23.8. The zero-order chi connectivity index (χ0) is 43.5. The fraction of sp³-hybridized carbons (Fsp3) is 0.611. The molecule has 2 aromatic rings. The molecule has 3 aliphatic carbocycles. The summed E-state index contributed by atoms with van der Waals surface area (Å²) in [7, 11) is 2.35. The van der Waals surface area contributed by atoms with Crippen molar-refractivity contribution in [3.8, 4) is 23.0 Å². The van der Waals surface area contributed by atoms with Crippen molar-refractivity contribution in [2.75, 3.05) is 27.3 Å². The number of carbonyl (C=O) groups excluding carboxylic acids is 1. The first-order chi connectivity index (χ1) is 27.8. The van der Waals surface area contributed by atoms with Crippen LogP contribution in [0.5, 0.6) is 23.0 Å². The van der Waals surface area contributed by atoms with Crippen molar-refractivity contribution < 1.29 is 152 Å². The number of carboxylic acids is 1. The zero-order valence-corrected chi connectivity index (χ0v) is 42.6. The van der Waals surface area contributed by atoms with Crippen LogP contribution in [0.2, 0.25) is 12.6 Å². The molecule has 0 amide bonds. The largest absolute Gasteiger partial charge is 1.00 e. The Morgan fingerprint density at radius 1 is 1.02 bits per heavy atom. The summed E-state index contributed by atoms with van der Waals surface area (Å²) in [4.78, 5) is 29.8. The molecule has 0 aromatic heterocycles. The molecule has 4 fully saturated rings. The number of aromatic carboxylic acids is 1. The van der Waals surface area contributed by atoms with Crippen LogP contribution in [-0.2, 0) is 14.0 Å². The van der Waals surface area contributed by atoms with E-state index in [0.717, 1.165) is 12.0 Å². The summed E-state index contributed by atoms with van der Waals surface area (Å²) in [5.74, 6) is -2.06. The van der Waals surface area contributed by atoms with Crippen LogP contribution < -0.4 is 108 Å². The van der Waals surface area contributed by atoms with Crippen LogP contribution in [0.15, 0.2) is 39.7 Å². The van der Waals surface area contributed by atoms with Crippen molar-refractivity contribution in [1.82, 2.24) is 0 Å². The Morgan fingerprint density at radius 3 is 2.19 bits per heavy atom. The van der Waals surface area contributed by atoms with Gasteiger partial charge in [-0.15, -0.1) is 0 Å². The molecule has 6 aliphatic rings. The molecule has 1 saturated heterocycles. The first kappa shape index (κ1) is 58.5. The molecule has 326 valence electrons. The van der Waals surface area contributed by atoms with Gasteiger partial charge in [-0.05, 0) is 89.5 Å². The van der Waals surface area contributed by atoms with Gasteiger partial charge in [0.1, 0.15) is 28.4 Å². The van der Waals surface area contributed by atoms with Crippen LogP contribution in [0.1, 0.15) is 98.6 Å². The van der Waals surface area contributed by atoms with E-state index in [4.69, 9.17) is 54.7 Å². The number of azide groups is 2.